The predicted molar refractivity (Wildman–Crippen MR) is 77.8 cm³/mol. The molecule has 1 heterocycles. The molecule has 18 heavy (non-hydrogen) atoms. The number of amides is 1. The van der Waals surface area contributed by atoms with Crippen LogP contribution in [0.5, 0.6) is 0 Å². The quantitative estimate of drug-likeness (QED) is 0.795. The van der Waals surface area contributed by atoms with Crippen molar-refractivity contribution in [2.45, 2.75) is 39.0 Å². The number of carbonyl (C=O) groups is 1. The van der Waals surface area contributed by atoms with Gasteiger partial charge in [-0.3, -0.25) is 4.79 Å². The monoisotopic (exact) mass is 285 g/mol. The first kappa shape index (κ1) is 13.9. The Morgan fingerprint density at radius 3 is 3.06 bits per heavy atom. The zero-order valence-electron chi connectivity index (χ0n) is 10.8. The maximum atomic E-state index is 12.0. The fourth-order valence-corrected chi connectivity index (χ4v) is 3.85. The van der Waals surface area contributed by atoms with Gasteiger partial charge in [-0.1, -0.05) is 13.3 Å². The van der Waals surface area contributed by atoms with E-state index in [0.29, 0.717) is 11.8 Å². The van der Waals surface area contributed by atoms with Crippen LogP contribution in [0.2, 0.25) is 0 Å². The molecular formula is C14H20ClNOS. The minimum absolute atomic E-state index is 0.0856. The lowest BCUT2D eigenvalue weighted by atomic mass is 10.0. The van der Waals surface area contributed by atoms with Crippen LogP contribution in [0.4, 0.5) is 0 Å². The molecule has 0 radical (unpaired) electrons. The number of nitrogens with one attached hydrogen (secondary N) is 1. The van der Waals surface area contributed by atoms with E-state index in [2.05, 4.69) is 18.3 Å². The standard InChI is InChI=1S/C14H20ClNOS/c1-2-10(6-7-15)9-16-14(17)13-8-11-4-3-5-12(11)18-13/h8,10H,2-7,9H2,1H3,(H,16,17). The lowest BCUT2D eigenvalue weighted by Gasteiger charge is -2.13. The number of carbonyl (C=O) groups excluding carboxylic acids is 1. The summed E-state index contributed by atoms with van der Waals surface area (Å²) in [6.07, 6.45) is 5.57. The van der Waals surface area contributed by atoms with E-state index in [9.17, 15) is 4.79 Å². The number of thiophene rings is 1. The molecule has 1 amide bonds. The summed E-state index contributed by atoms with van der Waals surface area (Å²) in [6, 6.07) is 2.07. The molecule has 0 saturated heterocycles. The minimum atomic E-state index is 0.0856. The van der Waals surface area contributed by atoms with E-state index >= 15 is 0 Å². The first-order valence-electron chi connectivity index (χ1n) is 6.70. The van der Waals surface area contributed by atoms with Crippen LogP contribution in [0.25, 0.3) is 0 Å². The van der Waals surface area contributed by atoms with E-state index in [1.807, 2.05) is 0 Å². The van der Waals surface area contributed by atoms with Crippen LogP contribution in [0.1, 0.15) is 46.3 Å². The van der Waals surface area contributed by atoms with E-state index in [4.69, 9.17) is 11.6 Å². The van der Waals surface area contributed by atoms with Crippen LogP contribution < -0.4 is 5.32 Å². The molecule has 0 fully saturated rings. The molecule has 1 aromatic rings. The van der Waals surface area contributed by atoms with Crippen LogP contribution in [-0.2, 0) is 12.8 Å². The van der Waals surface area contributed by atoms with Crippen molar-refractivity contribution in [1.82, 2.24) is 5.32 Å². The lowest BCUT2D eigenvalue weighted by Crippen LogP contribution is -2.28. The summed E-state index contributed by atoms with van der Waals surface area (Å²) in [5.41, 5.74) is 1.39. The zero-order valence-corrected chi connectivity index (χ0v) is 12.4. The van der Waals surface area contributed by atoms with Gasteiger partial charge in [0, 0.05) is 17.3 Å². The number of alkyl halides is 1. The molecular weight excluding hydrogens is 266 g/mol. The molecule has 0 spiro atoms. The average molecular weight is 286 g/mol. The lowest BCUT2D eigenvalue weighted by molar-refractivity contribution is 0.0950. The summed E-state index contributed by atoms with van der Waals surface area (Å²) in [4.78, 5) is 14.3. The fourth-order valence-electron chi connectivity index (χ4n) is 2.37. The van der Waals surface area contributed by atoms with Gasteiger partial charge < -0.3 is 5.32 Å². The summed E-state index contributed by atoms with van der Waals surface area (Å²) in [5.74, 6) is 1.25. The molecule has 1 N–H and O–H groups in total. The first-order chi connectivity index (χ1) is 8.74. The van der Waals surface area contributed by atoms with E-state index in [0.717, 1.165) is 37.1 Å². The second-order valence-corrected chi connectivity index (χ2v) is 6.39. The highest BCUT2D eigenvalue weighted by Gasteiger charge is 2.18. The van der Waals surface area contributed by atoms with Gasteiger partial charge in [0.05, 0.1) is 4.88 Å². The highest BCUT2D eigenvalue weighted by Crippen LogP contribution is 2.30. The molecule has 1 atom stereocenters. The molecule has 4 heteroatoms. The third-order valence-electron chi connectivity index (χ3n) is 3.62. The Balaban J connectivity index is 1.87. The minimum Gasteiger partial charge on any atom is -0.351 e. The van der Waals surface area contributed by atoms with Crippen molar-refractivity contribution in [2.75, 3.05) is 12.4 Å². The molecule has 1 unspecified atom stereocenters. The van der Waals surface area contributed by atoms with Crippen molar-refractivity contribution >= 4 is 28.8 Å². The molecule has 100 valence electrons. The number of halogens is 1. The van der Waals surface area contributed by atoms with Crippen molar-refractivity contribution in [3.05, 3.63) is 21.4 Å². The number of hydrogen-bond donors (Lipinski definition) is 1. The largest absolute Gasteiger partial charge is 0.351 e. The fraction of sp³-hybridized carbons (Fsp3) is 0.643. The van der Waals surface area contributed by atoms with Crippen LogP contribution in [0.3, 0.4) is 0 Å². The van der Waals surface area contributed by atoms with Gasteiger partial charge in [-0.15, -0.1) is 22.9 Å². The molecule has 0 saturated carbocycles. The number of aryl methyl sites for hydroxylation is 2. The highest BCUT2D eigenvalue weighted by molar-refractivity contribution is 7.14. The molecule has 2 rings (SSSR count). The maximum absolute atomic E-state index is 12.0. The summed E-state index contributed by atoms with van der Waals surface area (Å²) in [7, 11) is 0. The van der Waals surface area contributed by atoms with Gasteiger partial charge >= 0.3 is 0 Å². The van der Waals surface area contributed by atoms with Crippen LogP contribution >= 0.6 is 22.9 Å². The maximum Gasteiger partial charge on any atom is 0.261 e. The van der Waals surface area contributed by atoms with Crippen LogP contribution in [0.15, 0.2) is 6.07 Å². The van der Waals surface area contributed by atoms with E-state index in [1.54, 1.807) is 11.3 Å². The first-order valence-corrected chi connectivity index (χ1v) is 8.05. The van der Waals surface area contributed by atoms with E-state index in [1.165, 1.54) is 16.9 Å². The molecule has 1 aliphatic rings. The molecule has 0 bridgehead atoms. The summed E-state index contributed by atoms with van der Waals surface area (Å²) in [6.45, 7) is 2.88. The van der Waals surface area contributed by atoms with Crippen molar-refractivity contribution in [3.8, 4) is 0 Å². The van der Waals surface area contributed by atoms with Gasteiger partial charge in [0.2, 0.25) is 0 Å². The smallest absolute Gasteiger partial charge is 0.261 e. The van der Waals surface area contributed by atoms with Crippen molar-refractivity contribution in [2.24, 2.45) is 5.92 Å². The summed E-state index contributed by atoms with van der Waals surface area (Å²) >= 11 is 7.41. The van der Waals surface area contributed by atoms with Crippen LogP contribution in [-0.4, -0.2) is 18.3 Å². The van der Waals surface area contributed by atoms with Gasteiger partial charge in [-0.25, -0.2) is 0 Å². The Kier molecular flexibility index (Phi) is 5.07. The number of fused-ring (bicyclic) bond motifs is 1. The van der Waals surface area contributed by atoms with Gasteiger partial charge in [0.25, 0.3) is 5.91 Å². The van der Waals surface area contributed by atoms with Gasteiger partial charge in [-0.05, 0) is 43.2 Å². The third-order valence-corrected chi connectivity index (χ3v) is 5.07. The molecule has 0 aromatic carbocycles. The Bertz CT molecular complexity index is 394. The second kappa shape index (κ2) is 6.58. The third kappa shape index (κ3) is 3.27. The van der Waals surface area contributed by atoms with Crippen LogP contribution in [0, 0.1) is 5.92 Å². The zero-order chi connectivity index (χ0) is 13.0. The molecule has 2 nitrogen and oxygen atoms in total. The normalized spacial score (nSPS) is 15.4. The topological polar surface area (TPSA) is 29.1 Å². The Morgan fingerprint density at radius 1 is 1.56 bits per heavy atom. The Morgan fingerprint density at radius 2 is 2.39 bits per heavy atom. The number of hydrogen-bond acceptors (Lipinski definition) is 2. The van der Waals surface area contributed by atoms with Gasteiger partial charge in [0.1, 0.15) is 0 Å². The Labute approximate surface area is 118 Å². The molecule has 1 aromatic heterocycles. The van der Waals surface area contributed by atoms with Crippen molar-refractivity contribution in [3.63, 3.8) is 0 Å². The SMILES string of the molecule is CCC(CCCl)CNC(=O)c1cc2c(s1)CCC2. The average Bonchev–Trinajstić information content (AvgIpc) is 2.94. The van der Waals surface area contributed by atoms with Crippen molar-refractivity contribution < 1.29 is 4.79 Å². The number of rotatable bonds is 6. The highest BCUT2D eigenvalue weighted by atomic mass is 35.5. The predicted octanol–water partition coefficient (Wildman–Crippen LogP) is 3.62. The summed E-state index contributed by atoms with van der Waals surface area (Å²) in [5, 5.41) is 3.04. The molecule has 1 aliphatic carbocycles. The van der Waals surface area contributed by atoms with Gasteiger partial charge in [-0.2, -0.15) is 0 Å². The molecule has 0 aliphatic heterocycles. The summed E-state index contributed by atoms with van der Waals surface area (Å²) < 4.78 is 0. The Hall–Kier alpha value is -0.540. The van der Waals surface area contributed by atoms with E-state index < -0.39 is 0 Å². The second-order valence-electron chi connectivity index (χ2n) is 4.87. The van der Waals surface area contributed by atoms with Crippen molar-refractivity contribution in [1.29, 1.82) is 0 Å². The van der Waals surface area contributed by atoms with E-state index in [-0.39, 0.29) is 5.91 Å². The van der Waals surface area contributed by atoms with Gasteiger partial charge in [0.15, 0.2) is 0 Å².